The molecule has 0 fully saturated rings. The van der Waals surface area contributed by atoms with Crippen molar-refractivity contribution < 1.29 is 14.2 Å². The van der Waals surface area contributed by atoms with Crippen molar-refractivity contribution in [1.29, 1.82) is 0 Å². The first kappa shape index (κ1) is 14.4. The van der Waals surface area contributed by atoms with Crippen LogP contribution in [0.1, 0.15) is 38.4 Å². The average Bonchev–Trinajstić information content (AvgIpc) is 2.29. The van der Waals surface area contributed by atoms with Crippen molar-refractivity contribution in [3.63, 3.8) is 0 Å². The number of methoxy groups -OCH3 is 1. The molecule has 2 nitrogen and oxygen atoms in total. The van der Waals surface area contributed by atoms with Crippen molar-refractivity contribution in [2.24, 2.45) is 0 Å². The molecule has 17 heavy (non-hydrogen) atoms. The van der Waals surface area contributed by atoms with Gasteiger partial charge in [0.05, 0.1) is 11.7 Å². The van der Waals surface area contributed by atoms with Crippen molar-refractivity contribution in [1.82, 2.24) is 0 Å². The van der Waals surface area contributed by atoms with Crippen LogP contribution in [-0.2, 0) is 4.74 Å². The Morgan fingerprint density at radius 1 is 1.47 bits per heavy atom. The highest BCUT2D eigenvalue weighted by molar-refractivity contribution is 6.30. The second kappa shape index (κ2) is 5.80. The van der Waals surface area contributed by atoms with Crippen molar-refractivity contribution in [3.05, 3.63) is 34.6 Å². The molecule has 1 N–H and O–H groups in total. The second-order valence-electron chi connectivity index (χ2n) is 4.68. The molecule has 0 aliphatic heterocycles. The zero-order valence-corrected chi connectivity index (χ0v) is 11.1. The van der Waals surface area contributed by atoms with E-state index in [4.69, 9.17) is 16.3 Å². The van der Waals surface area contributed by atoms with Crippen LogP contribution in [0.5, 0.6) is 0 Å². The van der Waals surface area contributed by atoms with E-state index in [1.54, 1.807) is 7.11 Å². The third kappa shape index (κ3) is 4.26. The van der Waals surface area contributed by atoms with Crippen LogP contribution in [0.25, 0.3) is 0 Å². The summed E-state index contributed by atoms with van der Waals surface area (Å²) < 4.78 is 18.7. The van der Waals surface area contributed by atoms with E-state index in [-0.39, 0.29) is 11.2 Å². The van der Waals surface area contributed by atoms with Crippen molar-refractivity contribution in [3.8, 4) is 0 Å². The molecule has 4 heteroatoms. The summed E-state index contributed by atoms with van der Waals surface area (Å²) in [4.78, 5) is 0. The molecule has 1 atom stereocenters. The van der Waals surface area contributed by atoms with Crippen LogP contribution in [0, 0.1) is 5.82 Å². The third-order valence-electron chi connectivity index (χ3n) is 2.89. The minimum Gasteiger partial charge on any atom is -0.388 e. The molecule has 0 amide bonds. The Balaban J connectivity index is 2.70. The molecule has 1 aromatic rings. The third-order valence-corrected chi connectivity index (χ3v) is 3.12. The van der Waals surface area contributed by atoms with Crippen LogP contribution in [0.3, 0.4) is 0 Å². The van der Waals surface area contributed by atoms with Gasteiger partial charge in [-0.15, -0.1) is 0 Å². The number of aliphatic hydroxyl groups is 1. The summed E-state index contributed by atoms with van der Waals surface area (Å²) in [6.07, 6.45) is 0.206. The Bertz CT molecular complexity index is 380. The van der Waals surface area contributed by atoms with E-state index in [2.05, 4.69) is 0 Å². The molecule has 0 saturated carbocycles. The summed E-state index contributed by atoms with van der Waals surface area (Å²) in [6.45, 7) is 3.85. The Kier molecular flexibility index (Phi) is 4.92. The van der Waals surface area contributed by atoms with Gasteiger partial charge in [-0.2, -0.15) is 0 Å². The zero-order valence-electron chi connectivity index (χ0n) is 10.3. The molecular weight excluding hydrogens is 243 g/mol. The van der Waals surface area contributed by atoms with Crippen molar-refractivity contribution >= 4 is 11.6 Å². The minimum absolute atomic E-state index is 0.240. The van der Waals surface area contributed by atoms with Gasteiger partial charge in [0, 0.05) is 17.7 Å². The van der Waals surface area contributed by atoms with Gasteiger partial charge < -0.3 is 9.84 Å². The largest absolute Gasteiger partial charge is 0.388 e. The summed E-state index contributed by atoms with van der Waals surface area (Å²) in [5.41, 5.74) is -0.0832. The average molecular weight is 261 g/mol. The molecule has 1 aromatic carbocycles. The van der Waals surface area contributed by atoms with Crippen molar-refractivity contribution in [2.45, 2.75) is 38.4 Å². The van der Waals surface area contributed by atoms with E-state index in [0.29, 0.717) is 17.9 Å². The number of halogens is 2. The van der Waals surface area contributed by atoms with Crippen LogP contribution >= 0.6 is 11.6 Å². The maximum atomic E-state index is 13.5. The van der Waals surface area contributed by atoms with E-state index < -0.39 is 11.9 Å². The quantitative estimate of drug-likeness (QED) is 0.874. The highest BCUT2D eigenvalue weighted by Crippen LogP contribution is 2.27. The molecule has 0 heterocycles. The van der Waals surface area contributed by atoms with Crippen LogP contribution in [-0.4, -0.2) is 17.8 Å². The molecule has 0 aliphatic carbocycles. The number of hydrogen-bond acceptors (Lipinski definition) is 2. The van der Waals surface area contributed by atoms with Gasteiger partial charge in [-0.05, 0) is 44.9 Å². The molecule has 0 spiro atoms. The molecule has 1 unspecified atom stereocenters. The summed E-state index contributed by atoms with van der Waals surface area (Å²) in [7, 11) is 1.62. The van der Waals surface area contributed by atoms with Gasteiger partial charge in [0.2, 0.25) is 0 Å². The molecule has 0 aromatic heterocycles. The lowest BCUT2D eigenvalue weighted by molar-refractivity contribution is 0.00248. The van der Waals surface area contributed by atoms with Gasteiger partial charge in [0.25, 0.3) is 0 Å². The fourth-order valence-electron chi connectivity index (χ4n) is 1.51. The SMILES string of the molecule is COC(C)(C)CCC(O)c1cc(Cl)ccc1F. The number of hydrogen-bond donors (Lipinski definition) is 1. The monoisotopic (exact) mass is 260 g/mol. The Morgan fingerprint density at radius 2 is 2.12 bits per heavy atom. The van der Waals surface area contributed by atoms with E-state index in [1.165, 1.54) is 18.2 Å². The molecule has 0 aliphatic rings. The lowest BCUT2D eigenvalue weighted by Crippen LogP contribution is -2.23. The van der Waals surface area contributed by atoms with Crippen LogP contribution in [0.2, 0.25) is 5.02 Å². The predicted molar refractivity (Wildman–Crippen MR) is 66.7 cm³/mol. The Morgan fingerprint density at radius 3 is 2.71 bits per heavy atom. The van der Waals surface area contributed by atoms with Crippen molar-refractivity contribution in [2.75, 3.05) is 7.11 Å². The minimum atomic E-state index is -0.858. The number of rotatable bonds is 5. The predicted octanol–water partition coefficient (Wildman–Crippen LogP) is 3.72. The molecule has 0 radical (unpaired) electrons. The van der Waals surface area contributed by atoms with Gasteiger partial charge in [0.15, 0.2) is 0 Å². The number of ether oxygens (including phenoxy) is 1. The highest BCUT2D eigenvalue weighted by atomic mass is 35.5. The fraction of sp³-hybridized carbons (Fsp3) is 0.538. The van der Waals surface area contributed by atoms with Crippen LogP contribution < -0.4 is 0 Å². The highest BCUT2D eigenvalue weighted by Gasteiger charge is 2.20. The molecule has 96 valence electrons. The Hall–Kier alpha value is -0.640. The van der Waals surface area contributed by atoms with E-state index in [0.717, 1.165) is 0 Å². The number of aliphatic hydroxyl groups excluding tert-OH is 1. The second-order valence-corrected chi connectivity index (χ2v) is 5.12. The molecule has 1 rings (SSSR count). The lowest BCUT2D eigenvalue weighted by Gasteiger charge is -2.24. The number of benzene rings is 1. The topological polar surface area (TPSA) is 29.5 Å². The van der Waals surface area contributed by atoms with E-state index in [1.807, 2.05) is 13.8 Å². The normalized spacial score (nSPS) is 13.8. The standard InChI is InChI=1S/C13H18ClFO2/c1-13(2,17-3)7-6-12(16)10-8-9(14)4-5-11(10)15/h4-5,8,12,16H,6-7H2,1-3H3. The van der Waals surface area contributed by atoms with Crippen LogP contribution in [0.4, 0.5) is 4.39 Å². The summed E-state index contributed by atoms with van der Waals surface area (Å²) in [6, 6.07) is 4.19. The van der Waals surface area contributed by atoms with Gasteiger partial charge in [0.1, 0.15) is 5.82 Å². The van der Waals surface area contributed by atoms with Crippen LogP contribution in [0.15, 0.2) is 18.2 Å². The lowest BCUT2D eigenvalue weighted by atomic mass is 9.96. The summed E-state index contributed by atoms with van der Waals surface area (Å²) in [5, 5.41) is 10.4. The smallest absolute Gasteiger partial charge is 0.129 e. The molecular formula is C13H18ClFO2. The van der Waals surface area contributed by atoms with Gasteiger partial charge in [-0.3, -0.25) is 0 Å². The fourth-order valence-corrected chi connectivity index (χ4v) is 1.69. The van der Waals surface area contributed by atoms with Gasteiger partial charge >= 0.3 is 0 Å². The van der Waals surface area contributed by atoms with E-state index in [9.17, 15) is 9.50 Å². The summed E-state index contributed by atoms with van der Waals surface area (Å²) >= 11 is 5.78. The Labute approximate surface area is 106 Å². The van der Waals surface area contributed by atoms with E-state index >= 15 is 0 Å². The zero-order chi connectivity index (χ0) is 13.1. The van der Waals surface area contributed by atoms with Gasteiger partial charge in [-0.25, -0.2) is 4.39 Å². The molecule has 0 bridgehead atoms. The first-order chi connectivity index (χ1) is 7.85. The maximum absolute atomic E-state index is 13.5. The van der Waals surface area contributed by atoms with Gasteiger partial charge in [-0.1, -0.05) is 11.6 Å². The summed E-state index contributed by atoms with van der Waals surface area (Å²) in [5.74, 6) is -0.433. The maximum Gasteiger partial charge on any atom is 0.129 e. The first-order valence-corrected chi connectivity index (χ1v) is 5.92. The first-order valence-electron chi connectivity index (χ1n) is 5.54. The molecule has 0 saturated heterocycles.